The molecule has 2 aromatic carbocycles. The molecule has 1 aliphatic heterocycles. The highest BCUT2D eigenvalue weighted by Crippen LogP contribution is 2.20. The second kappa shape index (κ2) is 8.73. The Morgan fingerprint density at radius 2 is 1.70 bits per heavy atom. The number of amides is 1. The average Bonchev–Trinajstić information content (AvgIpc) is 2.66. The lowest BCUT2D eigenvalue weighted by atomic mass is 10.1. The maximum absolute atomic E-state index is 12.7. The summed E-state index contributed by atoms with van der Waals surface area (Å²) in [5.41, 5.74) is 1.10. The molecule has 1 fully saturated rings. The first-order valence-corrected chi connectivity index (χ1v) is 11.3. The van der Waals surface area contributed by atoms with E-state index in [4.69, 9.17) is 11.6 Å². The minimum Gasteiger partial charge on any atom is -0.340 e. The van der Waals surface area contributed by atoms with Gasteiger partial charge in [-0.25, -0.2) is 8.42 Å². The molecule has 1 amide bonds. The first-order valence-electron chi connectivity index (χ1n) is 8.64. The van der Waals surface area contributed by atoms with Gasteiger partial charge in [-0.1, -0.05) is 39.7 Å². The van der Waals surface area contributed by atoms with Gasteiger partial charge in [-0.3, -0.25) is 4.79 Å². The maximum atomic E-state index is 12.7. The minimum absolute atomic E-state index is 0.0542. The summed E-state index contributed by atoms with van der Waals surface area (Å²) in [5, 5.41) is 0.495. The Kier molecular flexibility index (Phi) is 6.57. The van der Waals surface area contributed by atoms with Gasteiger partial charge in [-0.2, -0.15) is 4.31 Å². The number of carbonyl (C=O) groups excluding carboxylic acids is 1. The van der Waals surface area contributed by atoms with Crippen molar-refractivity contribution in [2.45, 2.75) is 17.7 Å². The lowest BCUT2D eigenvalue weighted by molar-refractivity contribution is -0.132. The van der Waals surface area contributed by atoms with Crippen molar-refractivity contribution in [1.82, 2.24) is 9.21 Å². The molecule has 0 unspecified atom stereocenters. The van der Waals surface area contributed by atoms with Crippen LogP contribution < -0.4 is 0 Å². The molecule has 3 rings (SSSR count). The number of hydrogen-bond donors (Lipinski definition) is 0. The lowest BCUT2D eigenvalue weighted by Gasteiger charge is -2.34. The molecule has 27 heavy (non-hydrogen) atoms. The average molecular weight is 472 g/mol. The fourth-order valence-corrected chi connectivity index (χ4v) is 5.03. The van der Waals surface area contributed by atoms with Crippen LogP contribution in [0.2, 0.25) is 5.02 Å². The highest BCUT2D eigenvalue weighted by molar-refractivity contribution is 9.10. The van der Waals surface area contributed by atoms with Crippen LogP contribution in [0.3, 0.4) is 0 Å². The molecule has 0 aromatic heterocycles. The van der Waals surface area contributed by atoms with E-state index in [0.717, 1.165) is 10.0 Å². The van der Waals surface area contributed by atoms with Gasteiger partial charge in [0.25, 0.3) is 0 Å². The van der Waals surface area contributed by atoms with Gasteiger partial charge in [-0.05, 0) is 48.4 Å². The number of rotatable bonds is 5. The number of carbonyl (C=O) groups is 1. The number of nitrogens with zero attached hydrogens (tertiary/aromatic N) is 2. The van der Waals surface area contributed by atoms with Gasteiger partial charge in [-0.15, -0.1) is 0 Å². The predicted molar refractivity (Wildman–Crippen MR) is 109 cm³/mol. The molecular weight excluding hydrogens is 452 g/mol. The maximum Gasteiger partial charge on any atom is 0.243 e. The summed E-state index contributed by atoms with van der Waals surface area (Å²) in [6, 6.07) is 14.0. The molecule has 0 saturated carbocycles. The molecule has 0 radical (unpaired) electrons. The van der Waals surface area contributed by atoms with Gasteiger partial charge >= 0.3 is 0 Å². The van der Waals surface area contributed by atoms with Crippen LogP contribution in [-0.4, -0.2) is 49.7 Å². The molecule has 144 valence electrons. The zero-order valence-electron chi connectivity index (χ0n) is 14.6. The van der Waals surface area contributed by atoms with E-state index in [-0.39, 0.29) is 10.8 Å². The van der Waals surface area contributed by atoms with Crippen LogP contribution in [0.15, 0.2) is 57.9 Å². The van der Waals surface area contributed by atoms with E-state index in [2.05, 4.69) is 15.9 Å². The van der Waals surface area contributed by atoms with Gasteiger partial charge in [0.05, 0.1) is 4.90 Å². The summed E-state index contributed by atoms with van der Waals surface area (Å²) in [7, 11) is -3.56. The third-order valence-corrected chi connectivity index (χ3v) is 7.22. The molecule has 8 heteroatoms. The van der Waals surface area contributed by atoms with Crippen molar-refractivity contribution in [1.29, 1.82) is 0 Å². The van der Waals surface area contributed by atoms with Crippen LogP contribution in [0.25, 0.3) is 0 Å². The third kappa shape index (κ3) is 5.10. The molecule has 1 heterocycles. The number of halogens is 2. The van der Waals surface area contributed by atoms with Crippen LogP contribution in [0, 0.1) is 0 Å². The van der Waals surface area contributed by atoms with Crippen LogP contribution in [-0.2, 0) is 21.2 Å². The summed E-state index contributed by atoms with van der Waals surface area (Å²) in [5.74, 6) is 0.0542. The van der Waals surface area contributed by atoms with Crippen molar-refractivity contribution < 1.29 is 13.2 Å². The molecule has 2 aromatic rings. The molecule has 0 N–H and O–H groups in total. The standard InChI is InChI=1S/C19H20BrClN2O3S/c20-16-3-1-2-15(14-16)4-9-19(24)22-10-12-23(13-11-22)27(25,26)18-7-5-17(21)6-8-18/h1-3,5-8,14H,4,9-13H2. The molecule has 1 aliphatic rings. The molecule has 0 aliphatic carbocycles. The topological polar surface area (TPSA) is 57.7 Å². The minimum atomic E-state index is -3.56. The van der Waals surface area contributed by atoms with E-state index < -0.39 is 10.0 Å². The molecule has 1 saturated heterocycles. The Morgan fingerprint density at radius 3 is 2.33 bits per heavy atom. The molecule has 5 nitrogen and oxygen atoms in total. The van der Waals surface area contributed by atoms with Gasteiger partial charge in [0.2, 0.25) is 15.9 Å². The zero-order valence-corrected chi connectivity index (χ0v) is 17.8. The van der Waals surface area contributed by atoms with E-state index in [1.165, 1.54) is 16.4 Å². The Balaban J connectivity index is 1.55. The summed E-state index contributed by atoms with van der Waals surface area (Å²) < 4.78 is 27.8. The van der Waals surface area contributed by atoms with Crippen molar-refractivity contribution >= 4 is 43.5 Å². The largest absolute Gasteiger partial charge is 0.340 e. The Hall–Kier alpha value is -1.41. The van der Waals surface area contributed by atoms with E-state index in [9.17, 15) is 13.2 Å². The number of aryl methyl sites for hydroxylation is 1. The number of piperazine rings is 1. The van der Waals surface area contributed by atoms with Crippen molar-refractivity contribution in [3.63, 3.8) is 0 Å². The van der Waals surface area contributed by atoms with Gasteiger partial charge in [0.1, 0.15) is 0 Å². The Bertz CT molecular complexity index is 911. The van der Waals surface area contributed by atoms with Crippen molar-refractivity contribution in [3.8, 4) is 0 Å². The zero-order chi connectivity index (χ0) is 19.4. The summed E-state index contributed by atoms with van der Waals surface area (Å²) in [6.45, 7) is 1.41. The Morgan fingerprint density at radius 1 is 1.04 bits per heavy atom. The van der Waals surface area contributed by atoms with Gasteiger partial charge < -0.3 is 4.90 Å². The van der Waals surface area contributed by atoms with Crippen molar-refractivity contribution in [2.75, 3.05) is 26.2 Å². The summed E-state index contributed by atoms with van der Waals surface area (Å²) in [6.07, 6.45) is 1.09. The van der Waals surface area contributed by atoms with Gasteiger partial charge in [0, 0.05) is 42.1 Å². The number of hydrogen-bond acceptors (Lipinski definition) is 3. The molecule has 0 bridgehead atoms. The first kappa shape index (κ1) is 20.3. The fraction of sp³-hybridized carbons (Fsp3) is 0.316. The van der Waals surface area contributed by atoms with Crippen molar-refractivity contribution in [2.24, 2.45) is 0 Å². The number of benzene rings is 2. The van der Waals surface area contributed by atoms with Crippen LogP contribution >= 0.6 is 27.5 Å². The molecule has 0 spiro atoms. The van der Waals surface area contributed by atoms with Crippen LogP contribution in [0.4, 0.5) is 0 Å². The first-order chi connectivity index (χ1) is 12.9. The van der Waals surface area contributed by atoms with Crippen molar-refractivity contribution in [3.05, 3.63) is 63.6 Å². The van der Waals surface area contributed by atoms with Crippen LogP contribution in [0.5, 0.6) is 0 Å². The van der Waals surface area contributed by atoms with Gasteiger partial charge in [0.15, 0.2) is 0 Å². The van der Waals surface area contributed by atoms with E-state index in [1.54, 1.807) is 17.0 Å². The van der Waals surface area contributed by atoms with E-state index in [0.29, 0.717) is 44.0 Å². The van der Waals surface area contributed by atoms with Crippen LogP contribution in [0.1, 0.15) is 12.0 Å². The fourth-order valence-electron chi connectivity index (χ4n) is 3.04. The summed E-state index contributed by atoms with van der Waals surface area (Å²) in [4.78, 5) is 14.4. The third-order valence-electron chi connectivity index (χ3n) is 4.56. The second-order valence-electron chi connectivity index (χ2n) is 6.37. The molecule has 0 atom stereocenters. The summed E-state index contributed by atoms with van der Waals surface area (Å²) >= 11 is 9.26. The highest BCUT2D eigenvalue weighted by Gasteiger charge is 2.29. The SMILES string of the molecule is O=C(CCc1cccc(Br)c1)N1CCN(S(=O)(=O)c2ccc(Cl)cc2)CC1. The highest BCUT2D eigenvalue weighted by atomic mass is 79.9. The normalized spacial score (nSPS) is 15.7. The Labute approximate surface area is 173 Å². The smallest absolute Gasteiger partial charge is 0.243 e. The van der Waals surface area contributed by atoms with E-state index >= 15 is 0 Å². The predicted octanol–water partition coefficient (Wildman–Crippen LogP) is 3.57. The lowest BCUT2D eigenvalue weighted by Crippen LogP contribution is -2.50. The monoisotopic (exact) mass is 470 g/mol. The quantitative estimate of drug-likeness (QED) is 0.670. The number of sulfonamides is 1. The molecular formula is C19H20BrClN2O3S. The second-order valence-corrected chi connectivity index (χ2v) is 9.66. The van der Waals surface area contributed by atoms with E-state index in [1.807, 2.05) is 24.3 Å².